The smallest absolute Gasteiger partial charge is 0.158 e. The highest BCUT2D eigenvalue weighted by atomic mass is 16.1. The van der Waals surface area contributed by atoms with Gasteiger partial charge in [0, 0.05) is 18.4 Å². The van der Waals surface area contributed by atoms with E-state index >= 15 is 0 Å². The first-order valence-corrected chi connectivity index (χ1v) is 5.54. The van der Waals surface area contributed by atoms with E-state index in [2.05, 4.69) is 15.1 Å². The Kier molecular flexibility index (Phi) is 2.13. The number of piperidine rings is 1. The molecule has 4 nitrogen and oxygen atoms in total. The van der Waals surface area contributed by atoms with E-state index < -0.39 is 0 Å². The fraction of sp³-hybridized carbons (Fsp3) is 0.333. The Balaban J connectivity index is 2.02. The van der Waals surface area contributed by atoms with Gasteiger partial charge in [0.05, 0.1) is 12.1 Å². The topological polar surface area (TPSA) is 49.0 Å². The zero-order chi connectivity index (χ0) is 11.0. The van der Waals surface area contributed by atoms with Crippen molar-refractivity contribution in [1.29, 1.82) is 0 Å². The van der Waals surface area contributed by atoms with Crippen LogP contribution in [0.15, 0.2) is 24.3 Å². The Morgan fingerprint density at radius 1 is 1.31 bits per heavy atom. The highest BCUT2D eigenvalue weighted by Gasteiger charge is 2.20. The predicted octanol–water partition coefficient (Wildman–Crippen LogP) is 1.73. The molecular formula is C12H13N3O. The number of para-hydroxylation sites is 1. The fourth-order valence-electron chi connectivity index (χ4n) is 2.21. The van der Waals surface area contributed by atoms with Gasteiger partial charge < -0.3 is 4.90 Å². The summed E-state index contributed by atoms with van der Waals surface area (Å²) >= 11 is 0. The first-order chi connectivity index (χ1) is 7.84. The Hall–Kier alpha value is -1.84. The van der Waals surface area contributed by atoms with Crippen molar-refractivity contribution < 1.29 is 4.79 Å². The molecule has 1 fully saturated rings. The van der Waals surface area contributed by atoms with Gasteiger partial charge in [-0.05, 0) is 18.6 Å². The first-order valence-electron chi connectivity index (χ1n) is 5.54. The lowest BCUT2D eigenvalue weighted by Crippen LogP contribution is -2.35. The van der Waals surface area contributed by atoms with Crippen LogP contribution in [0, 0.1) is 0 Å². The number of nitrogens with zero attached hydrogens (tertiary/aromatic N) is 2. The number of ketones is 1. The van der Waals surface area contributed by atoms with Crippen LogP contribution in [0.4, 0.5) is 5.82 Å². The van der Waals surface area contributed by atoms with Crippen LogP contribution in [0.1, 0.15) is 12.8 Å². The molecule has 1 aromatic carbocycles. The Morgan fingerprint density at radius 2 is 2.19 bits per heavy atom. The molecule has 2 heterocycles. The zero-order valence-corrected chi connectivity index (χ0v) is 8.94. The van der Waals surface area contributed by atoms with Crippen molar-refractivity contribution in [3.63, 3.8) is 0 Å². The van der Waals surface area contributed by atoms with Crippen molar-refractivity contribution in [2.24, 2.45) is 0 Å². The third-order valence-corrected chi connectivity index (χ3v) is 3.00. The van der Waals surface area contributed by atoms with E-state index in [1.165, 1.54) is 0 Å². The monoisotopic (exact) mass is 215 g/mol. The molecule has 0 amide bonds. The number of rotatable bonds is 1. The van der Waals surface area contributed by atoms with Gasteiger partial charge in [0.1, 0.15) is 0 Å². The maximum atomic E-state index is 11.4. The number of carbonyl (C=O) groups is 1. The summed E-state index contributed by atoms with van der Waals surface area (Å²) in [5.74, 6) is 1.21. The van der Waals surface area contributed by atoms with Gasteiger partial charge in [-0.25, -0.2) is 0 Å². The summed E-state index contributed by atoms with van der Waals surface area (Å²) < 4.78 is 0. The highest BCUT2D eigenvalue weighted by Crippen LogP contribution is 2.25. The number of hydrogen-bond donors (Lipinski definition) is 1. The van der Waals surface area contributed by atoms with Crippen LogP contribution in [-0.4, -0.2) is 29.1 Å². The number of nitrogens with one attached hydrogen (secondary N) is 1. The molecule has 0 unspecified atom stereocenters. The van der Waals surface area contributed by atoms with Crippen LogP contribution in [0.25, 0.3) is 10.9 Å². The van der Waals surface area contributed by atoms with E-state index in [9.17, 15) is 4.79 Å². The van der Waals surface area contributed by atoms with Crippen molar-refractivity contribution in [3.05, 3.63) is 24.3 Å². The molecule has 1 saturated heterocycles. The van der Waals surface area contributed by atoms with E-state index in [4.69, 9.17) is 0 Å². The van der Waals surface area contributed by atoms with E-state index in [-0.39, 0.29) is 0 Å². The van der Waals surface area contributed by atoms with Crippen LogP contribution in [0.5, 0.6) is 0 Å². The number of fused-ring (bicyclic) bond motifs is 1. The summed E-state index contributed by atoms with van der Waals surface area (Å²) in [7, 11) is 0. The molecule has 2 aromatic rings. The molecule has 0 spiro atoms. The molecule has 82 valence electrons. The second-order valence-corrected chi connectivity index (χ2v) is 4.16. The fourth-order valence-corrected chi connectivity index (χ4v) is 2.21. The number of carbonyl (C=O) groups excluding carboxylic acids is 1. The van der Waals surface area contributed by atoms with E-state index in [0.717, 1.165) is 29.7 Å². The van der Waals surface area contributed by atoms with Crippen molar-refractivity contribution in [2.75, 3.05) is 18.0 Å². The molecule has 1 aliphatic rings. The van der Waals surface area contributed by atoms with E-state index in [1.807, 2.05) is 24.3 Å². The molecule has 1 N–H and O–H groups in total. The van der Waals surface area contributed by atoms with Crippen molar-refractivity contribution in [2.45, 2.75) is 12.8 Å². The summed E-state index contributed by atoms with van der Waals surface area (Å²) in [6, 6.07) is 8.00. The molecular weight excluding hydrogens is 202 g/mol. The third kappa shape index (κ3) is 1.46. The second kappa shape index (κ2) is 3.63. The lowest BCUT2D eigenvalue weighted by molar-refractivity contribution is -0.118. The number of aromatic nitrogens is 2. The first kappa shape index (κ1) is 9.39. The lowest BCUT2D eigenvalue weighted by Gasteiger charge is -2.25. The summed E-state index contributed by atoms with van der Waals surface area (Å²) in [4.78, 5) is 13.5. The molecule has 0 bridgehead atoms. The number of aromatic amines is 1. The number of hydrogen-bond acceptors (Lipinski definition) is 3. The van der Waals surface area contributed by atoms with Crippen LogP contribution < -0.4 is 4.90 Å². The molecule has 0 atom stereocenters. The van der Waals surface area contributed by atoms with Crippen LogP contribution >= 0.6 is 0 Å². The van der Waals surface area contributed by atoms with Gasteiger partial charge in [-0.1, -0.05) is 12.1 Å². The van der Waals surface area contributed by atoms with Gasteiger partial charge in [0.25, 0.3) is 0 Å². The zero-order valence-electron chi connectivity index (χ0n) is 8.94. The van der Waals surface area contributed by atoms with Crippen LogP contribution in [-0.2, 0) is 4.79 Å². The third-order valence-electron chi connectivity index (χ3n) is 3.00. The number of anilines is 1. The molecule has 0 aliphatic carbocycles. The normalized spacial score (nSPS) is 17.0. The largest absolute Gasteiger partial charge is 0.347 e. The van der Waals surface area contributed by atoms with Gasteiger partial charge in [0.15, 0.2) is 11.6 Å². The van der Waals surface area contributed by atoms with Gasteiger partial charge in [-0.2, -0.15) is 5.10 Å². The van der Waals surface area contributed by atoms with Crippen molar-refractivity contribution in [3.8, 4) is 0 Å². The minimum Gasteiger partial charge on any atom is -0.347 e. The van der Waals surface area contributed by atoms with Gasteiger partial charge in [-0.15, -0.1) is 0 Å². The van der Waals surface area contributed by atoms with E-state index in [0.29, 0.717) is 18.7 Å². The highest BCUT2D eigenvalue weighted by molar-refractivity contribution is 5.93. The number of H-pyrrole nitrogens is 1. The SMILES string of the molecule is O=C1CCCN(c2n[nH]c3ccccc23)C1. The average molecular weight is 215 g/mol. The Morgan fingerprint density at radius 3 is 3.06 bits per heavy atom. The van der Waals surface area contributed by atoms with Gasteiger partial charge >= 0.3 is 0 Å². The Bertz CT molecular complexity index is 532. The maximum Gasteiger partial charge on any atom is 0.158 e. The molecule has 16 heavy (non-hydrogen) atoms. The number of benzene rings is 1. The Labute approximate surface area is 93.3 Å². The molecule has 3 rings (SSSR count). The van der Waals surface area contributed by atoms with Crippen LogP contribution in [0.3, 0.4) is 0 Å². The predicted molar refractivity (Wildman–Crippen MR) is 62.5 cm³/mol. The summed E-state index contributed by atoms with van der Waals surface area (Å²) in [6.07, 6.45) is 1.64. The summed E-state index contributed by atoms with van der Waals surface area (Å²) in [5, 5.41) is 8.39. The van der Waals surface area contributed by atoms with Gasteiger partial charge in [0.2, 0.25) is 0 Å². The molecule has 1 aliphatic heterocycles. The maximum absolute atomic E-state index is 11.4. The minimum absolute atomic E-state index is 0.304. The molecule has 0 saturated carbocycles. The van der Waals surface area contributed by atoms with Crippen molar-refractivity contribution >= 4 is 22.5 Å². The lowest BCUT2D eigenvalue weighted by atomic mass is 10.1. The van der Waals surface area contributed by atoms with Crippen molar-refractivity contribution in [1.82, 2.24) is 10.2 Å². The standard InChI is InChI=1S/C12H13N3O/c16-9-4-3-7-15(8-9)12-10-5-1-2-6-11(10)13-14-12/h1-2,5-6H,3-4,7-8H2,(H,13,14). The number of Topliss-reactive ketones (excluding diaryl/α,β-unsaturated/α-hetero) is 1. The molecule has 1 aromatic heterocycles. The summed E-state index contributed by atoms with van der Waals surface area (Å²) in [6.45, 7) is 1.41. The molecule has 0 radical (unpaired) electrons. The second-order valence-electron chi connectivity index (χ2n) is 4.16. The van der Waals surface area contributed by atoms with Crippen LogP contribution in [0.2, 0.25) is 0 Å². The van der Waals surface area contributed by atoms with E-state index in [1.54, 1.807) is 0 Å². The summed E-state index contributed by atoms with van der Waals surface area (Å²) in [5.41, 5.74) is 1.02. The van der Waals surface area contributed by atoms with Gasteiger partial charge in [-0.3, -0.25) is 9.89 Å². The average Bonchev–Trinajstić information content (AvgIpc) is 2.72. The quantitative estimate of drug-likeness (QED) is 0.788. The minimum atomic E-state index is 0.304. The molecule has 4 heteroatoms.